The summed E-state index contributed by atoms with van der Waals surface area (Å²) in [5.41, 5.74) is 6.83. The van der Waals surface area contributed by atoms with E-state index in [1.54, 1.807) is 7.11 Å². The first-order chi connectivity index (χ1) is 7.54. The lowest BCUT2D eigenvalue weighted by Crippen LogP contribution is -2.27. The van der Waals surface area contributed by atoms with Gasteiger partial charge in [-0.05, 0) is 30.2 Å². The summed E-state index contributed by atoms with van der Waals surface area (Å²) in [5.74, 6) is 0.893. The van der Waals surface area contributed by atoms with Crippen LogP contribution in [0.5, 0.6) is 5.75 Å². The molecule has 1 atom stereocenters. The quantitative estimate of drug-likeness (QED) is 0.843. The molecule has 16 heavy (non-hydrogen) atoms. The number of methoxy groups -OCH3 is 1. The maximum atomic E-state index is 5.77. The molecule has 3 heteroatoms. The van der Waals surface area contributed by atoms with Gasteiger partial charge in [-0.15, -0.1) is 6.58 Å². The molecule has 1 aromatic carbocycles. The second-order valence-corrected chi connectivity index (χ2v) is 5.11. The molecule has 0 spiro atoms. The van der Waals surface area contributed by atoms with E-state index in [9.17, 15) is 0 Å². The molecule has 0 saturated heterocycles. The summed E-state index contributed by atoms with van der Waals surface area (Å²) in [5, 5.41) is 0. The Bertz CT molecular complexity index is 378. The third kappa shape index (κ3) is 3.09. The SMILES string of the molecule is C=CC(C)(CN)Cc1cc(Br)ccc1OC. The van der Waals surface area contributed by atoms with Gasteiger partial charge in [-0.25, -0.2) is 0 Å². The van der Waals surface area contributed by atoms with E-state index in [2.05, 4.69) is 35.5 Å². The number of benzene rings is 1. The van der Waals surface area contributed by atoms with Crippen LogP contribution < -0.4 is 10.5 Å². The maximum Gasteiger partial charge on any atom is 0.122 e. The average Bonchev–Trinajstić information content (AvgIpc) is 2.29. The van der Waals surface area contributed by atoms with E-state index >= 15 is 0 Å². The normalized spacial score (nSPS) is 14.2. The van der Waals surface area contributed by atoms with Crippen LogP contribution in [0.4, 0.5) is 0 Å². The zero-order chi connectivity index (χ0) is 12.2. The predicted molar refractivity (Wildman–Crippen MR) is 71.8 cm³/mol. The second kappa shape index (κ2) is 5.51. The lowest BCUT2D eigenvalue weighted by molar-refractivity contribution is 0.390. The number of ether oxygens (including phenoxy) is 1. The molecule has 0 aliphatic carbocycles. The molecule has 0 fully saturated rings. The molecule has 0 aliphatic heterocycles. The van der Waals surface area contributed by atoms with Crippen molar-refractivity contribution in [3.8, 4) is 5.75 Å². The van der Waals surface area contributed by atoms with Crippen molar-refractivity contribution in [1.82, 2.24) is 0 Å². The van der Waals surface area contributed by atoms with Gasteiger partial charge in [0.05, 0.1) is 7.11 Å². The van der Waals surface area contributed by atoms with Crippen molar-refractivity contribution >= 4 is 15.9 Å². The summed E-state index contributed by atoms with van der Waals surface area (Å²) < 4.78 is 6.39. The van der Waals surface area contributed by atoms with Crippen LogP contribution in [0.1, 0.15) is 12.5 Å². The molecule has 1 unspecified atom stereocenters. The van der Waals surface area contributed by atoms with Crippen molar-refractivity contribution in [2.75, 3.05) is 13.7 Å². The Morgan fingerprint density at radius 1 is 1.56 bits per heavy atom. The highest BCUT2D eigenvalue weighted by Gasteiger charge is 2.20. The highest BCUT2D eigenvalue weighted by Crippen LogP contribution is 2.30. The number of nitrogens with two attached hydrogens (primary N) is 1. The van der Waals surface area contributed by atoms with Crippen molar-refractivity contribution in [3.05, 3.63) is 40.9 Å². The summed E-state index contributed by atoms with van der Waals surface area (Å²) in [6.07, 6.45) is 2.74. The zero-order valence-corrected chi connectivity index (χ0v) is 11.4. The van der Waals surface area contributed by atoms with Crippen molar-refractivity contribution in [3.63, 3.8) is 0 Å². The Kier molecular flexibility index (Phi) is 4.56. The first kappa shape index (κ1) is 13.3. The molecule has 0 aromatic heterocycles. The predicted octanol–water partition coefficient (Wildman–Crippen LogP) is 3.15. The first-order valence-corrected chi connectivity index (χ1v) is 6.00. The Morgan fingerprint density at radius 3 is 2.75 bits per heavy atom. The van der Waals surface area contributed by atoms with Gasteiger partial charge >= 0.3 is 0 Å². The van der Waals surface area contributed by atoms with E-state index in [0.717, 1.165) is 22.2 Å². The monoisotopic (exact) mass is 283 g/mol. The fourth-order valence-corrected chi connectivity index (χ4v) is 1.96. The van der Waals surface area contributed by atoms with Crippen LogP contribution >= 0.6 is 15.9 Å². The summed E-state index contributed by atoms with van der Waals surface area (Å²) in [4.78, 5) is 0. The highest BCUT2D eigenvalue weighted by atomic mass is 79.9. The number of halogens is 1. The van der Waals surface area contributed by atoms with Crippen LogP contribution in [0.3, 0.4) is 0 Å². The van der Waals surface area contributed by atoms with Crippen molar-refractivity contribution in [2.45, 2.75) is 13.3 Å². The lowest BCUT2D eigenvalue weighted by atomic mass is 9.83. The smallest absolute Gasteiger partial charge is 0.122 e. The Labute approximate surface area is 106 Å². The van der Waals surface area contributed by atoms with E-state index in [1.807, 2.05) is 18.2 Å². The fraction of sp³-hybridized carbons (Fsp3) is 0.385. The molecular weight excluding hydrogens is 266 g/mol. The molecule has 0 aliphatic rings. The van der Waals surface area contributed by atoms with Crippen molar-refractivity contribution in [1.29, 1.82) is 0 Å². The summed E-state index contributed by atoms with van der Waals surface area (Å²) in [6, 6.07) is 5.99. The Hall–Kier alpha value is -0.800. The van der Waals surface area contributed by atoms with E-state index in [1.165, 1.54) is 0 Å². The average molecular weight is 284 g/mol. The van der Waals surface area contributed by atoms with Crippen molar-refractivity contribution < 1.29 is 4.74 Å². The summed E-state index contributed by atoms with van der Waals surface area (Å²) in [6.45, 7) is 6.52. The van der Waals surface area contributed by atoms with Gasteiger partial charge in [-0.3, -0.25) is 0 Å². The van der Waals surface area contributed by atoms with Gasteiger partial charge in [0.15, 0.2) is 0 Å². The molecular formula is C13H18BrNO. The van der Waals surface area contributed by atoms with Crippen LogP contribution in [0.2, 0.25) is 0 Å². The highest BCUT2D eigenvalue weighted by molar-refractivity contribution is 9.10. The minimum Gasteiger partial charge on any atom is -0.496 e. The third-order valence-electron chi connectivity index (χ3n) is 2.80. The molecule has 88 valence electrons. The number of hydrogen-bond acceptors (Lipinski definition) is 2. The van der Waals surface area contributed by atoms with Gasteiger partial charge in [0.1, 0.15) is 5.75 Å². The maximum absolute atomic E-state index is 5.77. The number of hydrogen-bond donors (Lipinski definition) is 1. The molecule has 2 N–H and O–H groups in total. The lowest BCUT2D eigenvalue weighted by Gasteiger charge is -2.24. The van der Waals surface area contributed by atoms with Gasteiger partial charge in [0.2, 0.25) is 0 Å². The van der Waals surface area contributed by atoms with Crippen LogP contribution in [-0.2, 0) is 6.42 Å². The molecule has 0 bridgehead atoms. The molecule has 1 aromatic rings. The number of rotatable bonds is 5. The van der Waals surface area contributed by atoms with Crippen LogP contribution in [-0.4, -0.2) is 13.7 Å². The van der Waals surface area contributed by atoms with E-state index in [0.29, 0.717) is 6.54 Å². The minimum atomic E-state index is -0.0892. The van der Waals surface area contributed by atoms with E-state index < -0.39 is 0 Å². The molecule has 0 heterocycles. The van der Waals surface area contributed by atoms with E-state index in [-0.39, 0.29) is 5.41 Å². The van der Waals surface area contributed by atoms with Crippen LogP contribution in [0, 0.1) is 5.41 Å². The van der Waals surface area contributed by atoms with Gasteiger partial charge in [0.25, 0.3) is 0 Å². The van der Waals surface area contributed by atoms with Gasteiger partial charge in [-0.1, -0.05) is 28.9 Å². The summed E-state index contributed by atoms with van der Waals surface area (Å²) in [7, 11) is 1.68. The van der Waals surface area contributed by atoms with Crippen LogP contribution in [0.15, 0.2) is 35.3 Å². The van der Waals surface area contributed by atoms with Gasteiger partial charge < -0.3 is 10.5 Å². The van der Waals surface area contributed by atoms with Gasteiger partial charge in [-0.2, -0.15) is 0 Å². The molecule has 0 amide bonds. The molecule has 0 saturated carbocycles. The Morgan fingerprint density at radius 2 is 2.25 bits per heavy atom. The van der Waals surface area contributed by atoms with E-state index in [4.69, 9.17) is 10.5 Å². The standard InChI is InChI=1S/C13H18BrNO/c1-4-13(2,9-15)8-10-7-11(14)5-6-12(10)16-3/h4-7H,1,8-9,15H2,2-3H3. The minimum absolute atomic E-state index is 0.0892. The second-order valence-electron chi connectivity index (χ2n) is 4.20. The van der Waals surface area contributed by atoms with Crippen LogP contribution in [0.25, 0.3) is 0 Å². The Balaban J connectivity index is 3.03. The fourth-order valence-electron chi connectivity index (χ4n) is 1.55. The molecule has 2 nitrogen and oxygen atoms in total. The molecule has 0 radical (unpaired) electrons. The largest absolute Gasteiger partial charge is 0.496 e. The van der Waals surface area contributed by atoms with Crippen molar-refractivity contribution in [2.24, 2.45) is 11.1 Å². The molecule has 1 rings (SSSR count). The van der Waals surface area contributed by atoms with Gasteiger partial charge in [0, 0.05) is 16.4 Å². The zero-order valence-electron chi connectivity index (χ0n) is 9.79. The first-order valence-electron chi connectivity index (χ1n) is 5.21. The third-order valence-corrected chi connectivity index (χ3v) is 3.29. The summed E-state index contributed by atoms with van der Waals surface area (Å²) >= 11 is 3.46. The topological polar surface area (TPSA) is 35.2 Å².